The lowest BCUT2D eigenvalue weighted by Gasteiger charge is -2.32. The van der Waals surface area contributed by atoms with E-state index >= 15 is 0 Å². The molecule has 1 saturated heterocycles. The number of hydrogen-bond donors (Lipinski definition) is 1. The Balaban J connectivity index is 1.13. The molecule has 0 radical (unpaired) electrons. The van der Waals surface area contributed by atoms with E-state index in [9.17, 15) is 14.4 Å². The van der Waals surface area contributed by atoms with Gasteiger partial charge in [-0.3, -0.25) is 19.3 Å². The molecule has 2 aliphatic rings. The first-order valence-corrected chi connectivity index (χ1v) is 12.5. The molecule has 37 heavy (non-hydrogen) atoms. The van der Waals surface area contributed by atoms with Gasteiger partial charge >= 0.3 is 0 Å². The Morgan fingerprint density at radius 2 is 1.68 bits per heavy atom. The lowest BCUT2D eigenvalue weighted by atomic mass is 9.89. The molecule has 0 spiro atoms. The van der Waals surface area contributed by atoms with Crippen LogP contribution in [0, 0.1) is 0 Å². The van der Waals surface area contributed by atoms with E-state index in [0.717, 1.165) is 29.7 Å². The molecule has 0 aliphatic carbocycles. The van der Waals surface area contributed by atoms with Crippen molar-refractivity contribution in [2.75, 3.05) is 20.2 Å². The van der Waals surface area contributed by atoms with Crippen LogP contribution in [0.2, 0.25) is 0 Å². The van der Waals surface area contributed by atoms with Crippen molar-refractivity contribution in [1.29, 1.82) is 0 Å². The van der Waals surface area contributed by atoms with Crippen LogP contribution in [0.4, 0.5) is 0 Å². The van der Waals surface area contributed by atoms with Gasteiger partial charge in [0.1, 0.15) is 5.75 Å². The molecular formula is C30H27N3O4. The average Bonchev–Trinajstić information content (AvgIpc) is 3.47. The Hall–Kier alpha value is -4.39. The number of methoxy groups -OCH3 is 1. The van der Waals surface area contributed by atoms with E-state index in [0.29, 0.717) is 35.7 Å². The third-order valence-electron chi connectivity index (χ3n) is 7.54. The van der Waals surface area contributed by atoms with Crippen molar-refractivity contribution in [2.24, 2.45) is 0 Å². The molecule has 1 aromatic heterocycles. The molecule has 3 heterocycles. The van der Waals surface area contributed by atoms with Gasteiger partial charge in [-0.1, -0.05) is 24.3 Å². The van der Waals surface area contributed by atoms with Gasteiger partial charge in [0.25, 0.3) is 17.7 Å². The van der Waals surface area contributed by atoms with Crippen molar-refractivity contribution in [2.45, 2.75) is 25.3 Å². The molecule has 6 rings (SSSR count). The molecule has 1 fully saturated rings. The van der Waals surface area contributed by atoms with E-state index in [4.69, 9.17) is 4.74 Å². The van der Waals surface area contributed by atoms with Gasteiger partial charge in [-0.2, -0.15) is 0 Å². The number of benzene rings is 3. The number of imide groups is 1. The lowest BCUT2D eigenvalue weighted by molar-refractivity contribution is 0.0642. The third-order valence-corrected chi connectivity index (χ3v) is 7.54. The molecule has 1 N–H and O–H groups in total. The minimum Gasteiger partial charge on any atom is -0.497 e. The Bertz CT molecular complexity index is 1500. The summed E-state index contributed by atoms with van der Waals surface area (Å²) in [5.74, 6) is 0.582. The summed E-state index contributed by atoms with van der Waals surface area (Å²) in [5.41, 5.74) is 4.54. The number of hydrogen-bond acceptors (Lipinski definition) is 4. The summed E-state index contributed by atoms with van der Waals surface area (Å²) in [5, 5.41) is 1.17. The topological polar surface area (TPSA) is 82.7 Å². The number of amides is 3. The number of aromatic nitrogens is 1. The number of nitrogens with one attached hydrogen (secondary N) is 1. The predicted octanol–water partition coefficient (Wildman–Crippen LogP) is 4.99. The standard InChI is InChI=1S/C30H27N3O4/c1-37-22-9-10-27-25(16-22)26(17-31-27)20-11-13-32(14-12-20)28(34)21-6-4-5-19(15-21)18-33-29(35)23-7-2-3-8-24(23)30(33)36/h2-10,15-17,20,31H,11-14,18H2,1H3. The summed E-state index contributed by atoms with van der Waals surface area (Å²) in [7, 11) is 1.67. The molecule has 4 aromatic rings. The molecule has 0 saturated carbocycles. The van der Waals surface area contributed by atoms with Crippen LogP contribution in [0.5, 0.6) is 5.75 Å². The molecule has 186 valence electrons. The number of nitrogens with zero attached hydrogens (tertiary/aromatic N) is 2. The van der Waals surface area contributed by atoms with Crippen LogP contribution >= 0.6 is 0 Å². The second-order valence-corrected chi connectivity index (χ2v) is 9.66. The fourth-order valence-electron chi connectivity index (χ4n) is 5.53. The molecule has 2 aliphatic heterocycles. The third kappa shape index (κ3) is 4.06. The zero-order chi connectivity index (χ0) is 25.5. The normalized spacial score (nSPS) is 15.9. The van der Waals surface area contributed by atoms with E-state index < -0.39 is 0 Å². The van der Waals surface area contributed by atoms with Gasteiger partial charge in [-0.25, -0.2) is 0 Å². The molecular weight excluding hydrogens is 466 g/mol. The van der Waals surface area contributed by atoms with Crippen LogP contribution in [0.3, 0.4) is 0 Å². The highest BCUT2D eigenvalue weighted by molar-refractivity contribution is 6.21. The summed E-state index contributed by atoms with van der Waals surface area (Å²) in [6.45, 7) is 1.48. The zero-order valence-electron chi connectivity index (χ0n) is 20.6. The van der Waals surface area contributed by atoms with Crippen LogP contribution in [-0.4, -0.2) is 52.7 Å². The van der Waals surface area contributed by atoms with Gasteiger partial charge in [0.2, 0.25) is 0 Å². The van der Waals surface area contributed by atoms with Crippen molar-refractivity contribution < 1.29 is 19.1 Å². The molecule has 0 atom stereocenters. The summed E-state index contributed by atoms with van der Waals surface area (Å²) < 4.78 is 5.40. The van der Waals surface area contributed by atoms with Crippen molar-refractivity contribution >= 4 is 28.6 Å². The molecule has 3 amide bonds. The van der Waals surface area contributed by atoms with Crippen molar-refractivity contribution in [3.05, 3.63) is 101 Å². The lowest BCUT2D eigenvalue weighted by Crippen LogP contribution is -2.38. The number of carbonyl (C=O) groups is 3. The Kier molecular flexibility index (Phi) is 5.75. The summed E-state index contributed by atoms with van der Waals surface area (Å²) in [6.07, 6.45) is 3.84. The Labute approximate surface area is 214 Å². The SMILES string of the molecule is COc1ccc2[nH]cc(C3CCN(C(=O)c4cccc(CN5C(=O)c6ccccc6C5=O)c4)CC3)c2c1. The van der Waals surface area contributed by atoms with E-state index in [2.05, 4.69) is 17.2 Å². The summed E-state index contributed by atoms with van der Waals surface area (Å²) in [4.78, 5) is 45.3. The maximum atomic E-state index is 13.3. The van der Waals surface area contributed by atoms with E-state index in [-0.39, 0.29) is 24.3 Å². The monoisotopic (exact) mass is 493 g/mol. The first-order valence-electron chi connectivity index (χ1n) is 12.5. The maximum Gasteiger partial charge on any atom is 0.261 e. The van der Waals surface area contributed by atoms with Crippen molar-refractivity contribution in [3.63, 3.8) is 0 Å². The van der Waals surface area contributed by atoms with Crippen molar-refractivity contribution in [1.82, 2.24) is 14.8 Å². The summed E-state index contributed by atoms with van der Waals surface area (Å²) in [6, 6.07) is 20.2. The number of carbonyl (C=O) groups excluding carboxylic acids is 3. The number of fused-ring (bicyclic) bond motifs is 2. The molecule has 0 bridgehead atoms. The number of H-pyrrole nitrogens is 1. The van der Waals surface area contributed by atoms with Gasteiger partial charge in [-0.05, 0) is 72.4 Å². The highest BCUT2D eigenvalue weighted by Gasteiger charge is 2.35. The van der Waals surface area contributed by atoms with Crippen LogP contribution in [0.15, 0.2) is 72.9 Å². The smallest absolute Gasteiger partial charge is 0.261 e. The van der Waals surface area contributed by atoms with Crippen LogP contribution in [-0.2, 0) is 6.54 Å². The van der Waals surface area contributed by atoms with E-state index in [1.165, 1.54) is 15.8 Å². The van der Waals surface area contributed by atoms with Crippen LogP contribution < -0.4 is 4.74 Å². The zero-order valence-corrected chi connectivity index (χ0v) is 20.6. The first kappa shape index (κ1) is 23.0. The minimum absolute atomic E-state index is 0.0248. The summed E-state index contributed by atoms with van der Waals surface area (Å²) >= 11 is 0. The Morgan fingerprint density at radius 3 is 2.38 bits per heavy atom. The number of ether oxygens (including phenoxy) is 1. The molecule has 7 nitrogen and oxygen atoms in total. The molecule has 3 aromatic carbocycles. The quantitative estimate of drug-likeness (QED) is 0.397. The number of piperidine rings is 1. The van der Waals surface area contributed by atoms with Gasteiger partial charge < -0.3 is 14.6 Å². The first-order chi connectivity index (χ1) is 18.0. The van der Waals surface area contributed by atoms with Crippen LogP contribution in [0.25, 0.3) is 10.9 Å². The van der Waals surface area contributed by atoms with Crippen LogP contribution in [0.1, 0.15) is 61.0 Å². The van der Waals surface area contributed by atoms with Gasteiger partial charge in [0.05, 0.1) is 24.8 Å². The largest absolute Gasteiger partial charge is 0.497 e. The second-order valence-electron chi connectivity index (χ2n) is 9.66. The number of aromatic amines is 1. The van der Waals surface area contributed by atoms with Gasteiger partial charge in [0, 0.05) is 35.8 Å². The minimum atomic E-state index is -0.297. The van der Waals surface area contributed by atoms with Gasteiger partial charge in [0.15, 0.2) is 0 Å². The highest BCUT2D eigenvalue weighted by atomic mass is 16.5. The van der Waals surface area contributed by atoms with Gasteiger partial charge in [-0.15, -0.1) is 0 Å². The van der Waals surface area contributed by atoms with E-state index in [1.54, 1.807) is 43.5 Å². The Morgan fingerprint density at radius 1 is 0.946 bits per heavy atom. The molecule has 0 unspecified atom stereocenters. The maximum absolute atomic E-state index is 13.3. The highest BCUT2D eigenvalue weighted by Crippen LogP contribution is 2.35. The van der Waals surface area contributed by atoms with Crippen molar-refractivity contribution in [3.8, 4) is 5.75 Å². The average molecular weight is 494 g/mol. The van der Waals surface area contributed by atoms with E-state index in [1.807, 2.05) is 29.2 Å². The molecule has 7 heteroatoms. The fraction of sp³-hybridized carbons (Fsp3) is 0.233. The number of likely N-dealkylation sites (tertiary alicyclic amines) is 1. The number of rotatable bonds is 5. The second kappa shape index (κ2) is 9.24. The fourth-order valence-corrected chi connectivity index (χ4v) is 5.53. The predicted molar refractivity (Wildman–Crippen MR) is 140 cm³/mol.